The highest BCUT2D eigenvalue weighted by atomic mass is 19.3. The maximum absolute atomic E-state index is 12.8. The summed E-state index contributed by atoms with van der Waals surface area (Å²) < 4.78 is 35.1. The predicted molar refractivity (Wildman–Crippen MR) is 102 cm³/mol. The van der Waals surface area contributed by atoms with Crippen molar-refractivity contribution in [1.82, 2.24) is 19.9 Å². The number of amides is 1. The number of nitrogens with zero attached hydrogens (tertiary/aromatic N) is 4. The number of alkyl halides is 2. The van der Waals surface area contributed by atoms with Gasteiger partial charge in [-0.25, -0.2) is 0 Å². The number of carbonyl (C=O) groups is 1. The zero-order valence-electron chi connectivity index (χ0n) is 17.1. The Morgan fingerprint density at radius 2 is 1.83 bits per heavy atom. The molecular weight excluding hydrogens is 382 g/mol. The van der Waals surface area contributed by atoms with E-state index in [-0.39, 0.29) is 28.7 Å². The first-order chi connectivity index (χ1) is 13.7. The lowest BCUT2D eigenvalue weighted by molar-refractivity contribution is -0.0503. The van der Waals surface area contributed by atoms with Gasteiger partial charge in [-0.15, -0.1) is 0 Å². The molecule has 158 valence electrons. The minimum atomic E-state index is -2.98. The maximum Gasteiger partial charge on any atom is 0.387 e. The molecule has 1 fully saturated rings. The number of piperazine rings is 1. The Labute approximate surface area is 168 Å². The van der Waals surface area contributed by atoms with E-state index in [1.807, 2.05) is 27.7 Å². The molecule has 0 unspecified atom stereocenters. The number of aromatic nitrogens is 2. The van der Waals surface area contributed by atoms with Crippen molar-refractivity contribution in [3.8, 4) is 5.75 Å². The van der Waals surface area contributed by atoms with Crippen LogP contribution in [0.1, 0.15) is 55.8 Å². The van der Waals surface area contributed by atoms with E-state index < -0.39 is 6.61 Å². The van der Waals surface area contributed by atoms with Gasteiger partial charge in [-0.1, -0.05) is 38.1 Å². The molecule has 1 aromatic carbocycles. The minimum absolute atomic E-state index is 0.0784. The minimum Gasteiger partial charge on any atom is -0.434 e. The standard InChI is InChI=1S/C20H26F2N4O3/c1-13(16-23-18(24-29-16)20(2,3)4)25-9-11-26(12-10-25)17(27)14-7-5-6-8-15(14)28-19(21)22/h5-8,13,19H,9-12H2,1-4H3/t13-/m0/s1. The Bertz CT molecular complexity index is 842. The Kier molecular flexibility index (Phi) is 6.16. The lowest BCUT2D eigenvalue weighted by Gasteiger charge is -2.37. The number of hydrogen-bond donors (Lipinski definition) is 0. The van der Waals surface area contributed by atoms with Crippen LogP contribution in [0.15, 0.2) is 28.8 Å². The van der Waals surface area contributed by atoms with Crippen LogP contribution in [0, 0.1) is 0 Å². The normalized spacial score (nSPS) is 16.9. The first-order valence-electron chi connectivity index (χ1n) is 9.58. The maximum atomic E-state index is 12.8. The lowest BCUT2D eigenvalue weighted by atomic mass is 9.96. The van der Waals surface area contributed by atoms with Crippen LogP contribution in [0.25, 0.3) is 0 Å². The fraction of sp³-hybridized carbons (Fsp3) is 0.550. The predicted octanol–water partition coefficient (Wildman–Crippen LogP) is 3.49. The molecular formula is C20H26F2N4O3. The number of benzene rings is 1. The van der Waals surface area contributed by atoms with E-state index in [0.717, 1.165) is 0 Å². The Morgan fingerprint density at radius 1 is 1.17 bits per heavy atom. The van der Waals surface area contributed by atoms with Gasteiger partial charge < -0.3 is 14.2 Å². The monoisotopic (exact) mass is 408 g/mol. The van der Waals surface area contributed by atoms with E-state index in [4.69, 9.17) is 4.52 Å². The smallest absolute Gasteiger partial charge is 0.387 e. The van der Waals surface area contributed by atoms with Gasteiger partial charge in [0, 0.05) is 31.6 Å². The van der Waals surface area contributed by atoms with E-state index in [2.05, 4.69) is 19.8 Å². The summed E-state index contributed by atoms with van der Waals surface area (Å²) in [7, 11) is 0. The van der Waals surface area contributed by atoms with Gasteiger partial charge in [0.2, 0.25) is 5.89 Å². The molecule has 0 radical (unpaired) electrons. The zero-order chi connectivity index (χ0) is 21.2. The summed E-state index contributed by atoms with van der Waals surface area (Å²) in [6.07, 6.45) is 0. The average Bonchev–Trinajstić information content (AvgIpc) is 3.18. The SMILES string of the molecule is C[C@@H](c1nc(C(C)(C)C)no1)N1CCN(C(=O)c2ccccc2OC(F)F)CC1. The molecule has 2 aromatic rings. The van der Waals surface area contributed by atoms with Gasteiger partial charge in [0.25, 0.3) is 5.91 Å². The van der Waals surface area contributed by atoms with Gasteiger partial charge >= 0.3 is 6.61 Å². The Balaban J connectivity index is 1.63. The van der Waals surface area contributed by atoms with Crippen LogP contribution in [0.5, 0.6) is 5.75 Å². The first kappa shape index (κ1) is 21.2. The second-order valence-corrected chi connectivity index (χ2v) is 8.09. The zero-order valence-corrected chi connectivity index (χ0v) is 17.1. The second kappa shape index (κ2) is 8.44. The molecule has 0 bridgehead atoms. The second-order valence-electron chi connectivity index (χ2n) is 8.09. The summed E-state index contributed by atoms with van der Waals surface area (Å²) in [5.41, 5.74) is -0.0543. The largest absolute Gasteiger partial charge is 0.434 e. The van der Waals surface area contributed by atoms with Gasteiger partial charge in [0.05, 0.1) is 11.6 Å². The molecule has 7 nitrogen and oxygen atoms in total. The topological polar surface area (TPSA) is 71.7 Å². The molecule has 3 rings (SSSR count). The van der Waals surface area contributed by atoms with E-state index >= 15 is 0 Å². The highest BCUT2D eigenvalue weighted by Crippen LogP contribution is 2.26. The van der Waals surface area contributed by atoms with Crippen molar-refractivity contribution in [2.45, 2.75) is 45.8 Å². The van der Waals surface area contributed by atoms with Crippen LogP contribution >= 0.6 is 0 Å². The third-order valence-electron chi connectivity index (χ3n) is 4.95. The van der Waals surface area contributed by atoms with Crippen molar-refractivity contribution in [3.63, 3.8) is 0 Å². The van der Waals surface area contributed by atoms with Gasteiger partial charge in [-0.3, -0.25) is 9.69 Å². The molecule has 0 saturated carbocycles. The molecule has 1 aliphatic rings. The van der Waals surface area contributed by atoms with E-state index in [1.165, 1.54) is 12.1 Å². The van der Waals surface area contributed by atoms with Crippen molar-refractivity contribution in [3.05, 3.63) is 41.5 Å². The van der Waals surface area contributed by atoms with Crippen molar-refractivity contribution < 1.29 is 22.8 Å². The first-order valence-corrected chi connectivity index (χ1v) is 9.58. The van der Waals surface area contributed by atoms with E-state index in [0.29, 0.717) is 37.9 Å². The number of ether oxygens (including phenoxy) is 1. The van der Waals surface area contributed by atoms with Crippen LogP contribution in [0.2, 0.25) is 0 Å². The molecule has 0 spiro atoms. The summed E-state index contributed by atoms with van der Waals surface area (Å²) in [5, 5.41) is 4.07. The fourth-order valence-electron chi connectivity index (χ4n) is 3.19. The van der Waals surface area contributed by atoms with Gasteiger partial charge in [0.1, 0.15) is 5.75 Å². The summed E-state index contributed by atoms with van der Waals surface area (Å²) in [6, 6.07) is 5.99. The quantitative estimate of drug-likeness (QED) is 0.754. The molecule has 0 aliphatic carbocycles. The van der Waals surface area contributed by atoms with Gasteiger partial charge in [-0.05, 0) is 19.1 Å². The highest BCUT2D eigenvalue weighted by molar-refractivity contribution is 5.97. The molecule has 9 heteroatoms. The van der Waals surface area contributed by atoms with Gasteiger partial charge in [-0.2, -0.15) is 13.8 Å². The third-order valence-corrected chi connectivity index (χ3v) is 4.95. The van der Waals surface area contributed by atoms with Crippen LogP contribution in [-0.2, 0) is 5.41 Å². The third kappa shape index (κ3) is 4.90. The molecule has 0 N–H and O–H groups in total. The van der Waals surface area contributed by atoms with Crippen LogP contribution in [0.3, 0.4) is 0 Å². The van der Waals surface area contributed by atoms with Crippen molar-refractivity contribution in [2.24, 2.45) is 0 Å². The van der Waals surface area contributed by atoms with Crippen molar-refractivity contribution in [1.29, 1.82) is 0 Å². The van der Waals surface area contributed by atoms with Crippen LogP contribution < -0.4 is 4.74 Å². The van der Waals surface area contributed by atoms with Crippen LogP contribution in [-0.4, -0.2) is 58.6 Å². The molecule has 1 amide bonds. The molecule has 29 heavy (non-hydrogen) atoms. The summed E-state index contributed by atoms with van der Waals surface area (Å²) in [6.45, 7) is 7.22. The number of para-hydroxylation sites is 1. The lowest BCUT2D eigenvalue weighted by Crippen LogP contribution is -2.49. The number of rotatable bonds is 5. The molecule has 1 atom stereocenters. The summed E-state index contributed by atoms with van der Waals surface area (Å²) >= 11 is 0. The Morgan fingerprint density at radius 3 is 2.41 bits per heavy atom. The highest BCUT2D eigenvalue weighted by Gasteiger charge is 2.30. The number of halogens is 2. The molecule has 1 saturated heterocycles. The molecule has 2 heterocycles. The fourth-order valence-corrected chi connectivity index (χ4v) is 3.19. The summed E-state index contributed by atoms with van der Waals surface area (Å²) in [4.78, 5) is 21.1. The van der Waals surface area contributed by atoms with Gasteiger partial charge in [0.15, 0.2) is 5.82 Å². The van der Waals surface area contributed by atoms with Crippen molar-refractivity contribution >= 4 is 5.91 Å². The Hall–Kier alpha value is -2.55. The average molecular weight is 408 g/mol. The summed E-state index contributed by atoms with van der Waals surface area (Å²) in [5.74, 6) is 0.777. The van der Waals surface area contributed by atoms with E-state index in [9.17, 15) is 13.6 Å². The molecule has 1 aromatic heterocycles. The van der Waals surface area contributed by atoms with E-state index in [1.54, 1.807) is 17.0 Å². The number of hydrogen-bond acceptors (Lipinski definition) is 6. The van der Waals surface area contributed by atoms with Crippen LogP contribution in [0.4, 0.5) is 8.78 Å². The van der Waals surface area contributed by atoms with Crippen molar-refractivity contribution in [2.75, 3.05) is 26.2 Å². The number of carbonyl (C=O) groups excluding carboxylic acids is 1. The molecule has 1 aliphatic heterocycles.